The molecule has 0 radical (unpaired) electrons. The second-order valence-corrected chi connectivity index (χ2v) is 7.73. The molecule has 0 spiro atoms. The predicted molar refractivity (Wildman–Crippen MR) is 104 cm³/mol. The number of amides is 1. The van der Waals surface area contributed by atoms with Crippen LogP contribution in [0.3, 0.4) is 0 Å². The van der Waals surface area contributed by atoms with Gasteiger partial charge in [-0.1, -0.05) is 11.3 Å². The fraction of sp³-hybridized carbons (Fsp3) is 0.350. The lowest BCUT2D eigenvalue weighted by molar-refractivity contribution is -0.136. The highest BCUT2D eigenvalue weighted by Crippen LogP contribution is 2.43. The summed E-state index contributed by atoms with van der Waals surface area (Å²) in [5, 5.41) is 8.27. The lowest BCUT2D eigenvalue weighted by atomic mass is 9.78. The van der Waals surface area contributed by atoms with Crippen LogP contribution in [0.4, 0.5) is 8.78 Å². The van der Waals surface area contributed by atoms with Gasteiger partial charge in [0, 0.05) is 50.7 Å². The molecule has 0 aliphatic carbocycles. The van der Waals surface area contributed by atoms with E-state index in [0.29, 0.717) is 24.4 Å². The molecule has 2 saturated heterocycles. The van der Waals surface area contributed by atoms with E-state index in [2.05, 4.69) is 21.2 Å². The van der Waals surface area contributed by atoms with Crippen molar-refractivity contribution in [3.05, 3.63) is 47.5 Å². The van der Waals surface area contributed by atoms with Gasteiger partial charge in [-0.15, -0.1) is 5.10 Å². The van der Waals surface area contributed by atoms with Crippen LogP contribution in [0.25, 0.3) is 11.0 Å². The topological polar surface area (TPSA) is 84.3 Å². The number of fused-ring (bicyclic) bond motifs is 2. The predicted octanol–water partition coefficient (Wildman–Crippen LogP) is 1.69. The molecule has 2 fully saturated rings. The summed E-state index contributed by atoms with van der Waals surface area (Å²) in [6.45, 7) is 1.09. The molecule has 30 heavy (non-hydrogen) atoms. The minimum Gasteiger partial charge on any atom is -0.452 e. The first-order valence-electron chi connectivity index (χ1n) is 9.62. The van der Waals surface area contributed by atoms with Crippen LogP contribution in [0, 0.1) is 17.6 Å². The highest BCUT2D eigenvalue weighted by atomic mass is 19.1. The average Bonchev–Trinajstić information content (AvgIpc) is 3.35. The number of hydrogen-bond donors (Lipinski definition) is 2. The van der Waals surface area contributed by atoms with Gasteiger partial charge in [0.15, 0.2) is 22.8 Å². The molecule has 156 valence electrons. The Labute approximate surface area is 170 Å². The van der Waals surface area contributed by atoms with Gasteiger partial charge in [0.25, 0.3) is 0 Å². The third-order valence-corrected chi connectivity index (χ3v) is 5.93. The Morgan fingerprint density at radius 2 is 2.03 bits per heavy atom. The van der Waals surface area contributed by atoms with E-state index >= 15 is 0 Å². The van der Waals surface area contributed by atoms with Crippen molar-refractivity contribution in [2.45, 2.75) is 12.0 Å². The monoisotopic (exact) mass is 414 g/mol. The highest BCUT2D eigenvalue weighted by molar-refractivity contribution is 5.86. The number of ether oxygens (including phenoxy) is 1. The molecule has 1 aromatic heterocycles. The smallest absolute Gasteiger partial charge is 0.241 e. The first-order valence-corrected chi connectivity index (χ1v) is 9.62. The zero-order valence-electron chi connectivity index (χ0n) is 16.4. The fourth-order valence-corrected chi connectivity index (χ4v) is 4.38. The zero-order valence-corrected chi connectivity index (χ0v) is 16.4. The summed E-state index contributed by atoms with van der Waals surface area (Å²) >= 11 is 0. The van der Waals surface area contributed by atoms with Gasteiger partial charge in [0.2, 0.25) is 5.91 Å². The molecule has 2 aliphatic heterocycles. The summed E-state index contributed by atoms with van der Waals surface area (Å²) in [6.07, 6.45) is 0. The number of nitrogens with zero attached hydrogens (tertiary/aromatic N) is 4. The number of carbonyl (C=O) groups excluding carboxylic acids is 1. The Morgan fingerprint density at radius 3 is 2.83 bits per heavy atom. The number of hydrazine groups is 1. The van der Waals surface area contributed by atoms with Crippen molar-refractivity contribution in [2.24, 2.45) is 13.0 Å². The number of piperidine rings is 1. The van der Waals surface area contributed by atoms with E-state index in [0.717, 1.165) is 23.2 Å². The lowest BCUT2D eigenvalue weighted by Crippen LogP contribution is -2.53. The molecule has 1 amide bonds. The summed E-state index contributed by atoms with van der Waals surface area (Å²) in [5.74, 6) is -1.29. The van der Waals surface area contributed by atoms with Crippen LogP contribution < -0.4 is 15.6 Å². The summed E-state index contributed by atoms with van der Waals surface area (Å²) in [7, 11) is 3.51. The van der Waals surface area contributed by atoms with E-state index in [1.807, 2.05) is 12.1 Å². The standard InChI is InChI=1S/C20H20F2N6O2/c1-27-9-13(12-8-23-24-17(12)20(27)29)11-4-5-15-18(25-26-28(15)2)19(11)30-16-6-3-10(21)7-14(16)22/h3-7,12-13,17,23-24H,8-9H2,1-2H3. The van der Waals surface area contributed by atoms with Crippen LogP contribution in [0.15, 0.2) is 30.3 Å². The number of nitrogens with one attached hydrogen (secondary N) is 2. The first kappa shape index (κ1) is 18.9. The number of carbonyl (C=O) groups is 1. The van der Waals surface area contributed by atoms with Gasteiger partial charge < -0.3 is 9.64 Å². The normalized spacial score (nSPS) is 23.8. The molecule has 5 rings (SSSR count). The molecule has 2 aromatic carbocycles. The van der Waals surface area contributed by atoms with Crippen molar-refractivity contribution >= 4 is 16.9 Å². The van der Waals surface area contributed by atoms with Crippen molar-refractivity contribution in [2.75, 3.05) is 20.1 Å². The van der Waals surface area contributed by atoms with Gasteiger partial charge in [-0.05, 0) is 18.2 Å². The maximum Gasteiger partial charge on any atom is 0.241 e. The summed E-state index contributed by atoms with van der Waals surface area (Å²) in [4.78, 5) is 14.2. The number of benzene rings is 2. The van der Waals surface area contributed by atoms with E-state index in [-0.39, 0.29) is 29.5 Å². The van der Waals surface area contributed by atoms with Crippen molar-refractivity contribution in [3.63, 3.8) is 0 Å². The Bertz CT molecular complexity index is 1150. The van der Waals surface area contributed by atoms with Crippen molar-refractivity contribution in [1.82, 2.24) is 30.7 Å². The molecule has 3 heterocycles. The largest absolute Gasteiger partial charge is 0.452 e. The molecule has 3 unspecified atom stereocenters. The van der Waals surface area contributed by atoms with Crippen molar-refractivity contribution in [3.8, 4) is 11.5 Å². The third kappa shape index (κ3) is 2.91. The number of hydrogen-bond acceptors (Lipinski definition) is 6. The molecule has 3 aromatic rings. The van der Waals surface area contributed by atoms with Gasteiger partial charge in [-0.25, -0.2) is 18.9 Å². The van der Waals surface area contributed by atoms with Crippen molar-refractivity contribution < 1.29 is 18.3 Å². The van der Waals surface area contributed by atoms with Gasteiger partial charge in [-0.2, -0.15) is 0 Å². The molecular formula is C20H20F2N6O2. The molecule has 0 saturated carbocycles. The van der Waals surface area contributed by atoms with Gasteiger partial charge in [-0.3, -0.25) is 10.2 Å². The molecular weight excluding hydrogens is 394 g/mol. The Morgan fingerprint density at radius 1 is 1.20 bits per heavy atom. The Kier molecular flexibility index (Phi) is 4.40. The number of likely N-dealkylation sites (N-methyl/N-ethyl adjacent to an activating group) is 1. The Hall–Kier alpha value is -3.11. The molecule has 2 N–H and O–H groups in total. The number of aryl methyl sites for hydroxylation is 1. The highest BCUT2D eigenvalue weighted by Gasteiger charge is 2.46. The minimum atomic E-state index is -0.806. The number of aromatic nitrogens is 3. The zero-order chi connectivity index (χ0) is 21.0. The van der Waals surface area contributed by atoms with Gasteiger partial charge in [0.1, 0.15) is 11.9 Å². The fourth-order valence-electron chi connectivity index (χ4n) is 4.38. The third-order valence-electron chi connectivity index (χ3n) is 5.93. The molecule has 0 bridgehead atoms. The summed E-state index contributed by atoms with van der Waals surface area (Å²) in [5.41, 5.74) is 8.11. The molecule has 8 nitrogen and oxygen atoms in total. The van der Waals surface area contributed by atoms with E-state index in [4.69, 9.17) is 4.74 Å². The lowest BCUT2D eigenvalue weighted by Gasteiger charge is -2.38. The maximum absolute atomic E-state index is 14.4. The second kappa shape index (κ2) is 6.99. The SMILES string of the molecule is CN1CC(c2ccc3c(nnn3C)c2Oc2ccc(F)cc2F)C2CNNC2C1=O. The van der Waals surface area contributed by atoms with Crippen LogP contribution in [0.5, 0.6) is 11.5 Å². The van der Waals surface area contributed by atoms with E-state index in [9.17, 15) is 13.6 Å². The number of rotatable bonds is 3. The van der Waals surface area contributed by atoms with Crippen LogP contribution >= 0.6 is 0 Å². The first-order chi connectivity index (χ1) is 14.4. The van der Waals surface area contributed by atoms with Gasteiger partial charge >= 0.3 is 0 Å². The average molecular weight is 414 g/mol. The van der Waals surface area contributed by atoms with Crippen LogP contribution in [0.1, 0.15) is 11.5 Å². The number of halogens is 2. The summed E-state index contributed by atoms with van der Waals surface area (Å²) < 4.78 is 35.3. The maximum atomic E-state index is 14.4. The second-order valence-electron chi connectivity index (χ2n) is 7.73. The number of likely N-dealkylation sites (tertiary alicyclic amines) is 1. The molecule has 3 atom stereocenters. The van der Waals surface area contributed by atoms with Crippen LogP contribution in [0.2, 0.25) is 0 Å². The van der Waals surface area contributed by atoms with Crippen molar-refractivity contribution in [1.29, 1.82) is 0 Å². The molecule has 10 heteroatoms. The molecule has 2 aliphatic rings. The Balaban J connectivity index is 1.65. The van der Waals surface area contributed by atoms with E-state index in [1.54, 1.807) is 23.7 Å². The van der Waals surface area contributed by atoms with Crippen LogP contribution in [-0.4, -0.2) is 52.0 Å². The van der Waals surface area contributed by atoms with E-state index < -0.39 is 11.6 Å². The quantitative estimate of drug-likeness (QED) is 0.679. The van der Waals surface area contributed by atoms with Crippen LogP contribution in [-0.2, 0) is 11.8 Å². The summed E-state index contributed by atoms with van der Waals surface area (Å²) in [6, 6.07) is 6.61. The van der Waals surface area contributed by atoms with E-state index in [1.165, 1.54) is 6.07 Å². The van der Waals surface area contributed by atoms with Gasteiger partial charge in [0.05, 0.1) is 5.52 Å². The minimum absolute atomic E-state index is 0.0109.